The quantitative estimate of drug-likeness (QED) is 0.431. The molecule has 0 fully saturated rings. The minimum absolute atomic E-state index is 0.112. The minimum Gasteiger partial charge on any atom is -0.450 e. The fraction of sp³-hybridized carbons (Fsp3) is 0.318. The summed E-state index contributed by atoms with van der Waals surface area (Å²) in [6.07, 6.45) is 1.11. The SMILES string of the molecule is CC(C)(C)C(CCOC(N)=O)Nc1n[nH]c(-c2ccc(Cl)cc2)c1-c1ccnc(F)c1. The molecule has 4 N–H and O–H groups in total. The summed E-state index contributed by atoms with van der Waals surface area (Å²) in [5, 5.41) is 11.6. The van der Waals surface area contributed by atoms with Crippen molar-refractivity contribution in [1.29, 1.82) is 0 Å². The molecule has 1 unspecified atom stereocenters. The van der Waals surface area contributed by atoms with Gasteiger partial charge in [0.05, 0.1) is 17.9 Å². The molecule has 0 spiro atoms. The van der Waals surface area contributed by atoms with Crippen molar-refractivity contribution in [2.24, 2.45) is 11.1 Å². The van der Waals surface area contributed by atoms with Gasteiger partial charge < -0.3 is 15.8 Å². The van der Waals surface area contributed by atoms with Crippen molar-refractivity contribution in [1.82, 2.24) is 15.2 Å². The number of amides is 1. The third-order valence-corrected chi connectivity index (χ3v) is 5.17. The smallest absolute Gasteiger partial charge is 0.404 e. The van der Waals surface area contributed by atoms with Gasteiger partial charge in [0.1, 0.15) is 0 Å². The normalized spacial score (nSPS) is 12.4. The lowest BCUT2D eigenvalue weighted by Crippen LogP contribution is -2.36. The molecule has 2 aromatic heterocycles. The highest BCUT2D eigenvalue weighted by molar-refractivity contribution is 6.30. The number of aromatic nitrogens is 3. The van der Waals surface area contributed by atoms with Gasteiger partial charge >= 0.3 is 6.09 Å². The van der Waals surface area contributed by atoms with Crippen LogP contribution in [0.5, 0.6) is 0 Å². The van der Waals surface area contributed by atoms with Crippen LogP contribution in [0.15, 0.2) is 42.6 Å². The molecule has 0 saturated carbocycles. The number of carbonyl (C=O) groups is 1. The number of halogens is 2. The van der Waals surface area contributed by atoms with E-state index < -0.39 is 12.0 Å². The average molecular weight is 446 g/mol. The zero-order valence-electron chi connectivity index (χ0n) is 17.6. The van der Waals surface area contributed by atoms with E-state index in [1.807, 2.05) is 12.1 Å². The summed E-state index contributed by atoms with van der Waals surface area (Å²) < 4.78 is 18.9. The summed E-state index contributed by atoms with van der Waals surface area (Å²) in [7, 11) is 0. The Bertz CT molecular complexity index is 1050. The highest BCUT2D eigenvalue weighted by Crippen LogP contribution is 2.38. The Balaban J connectivity index is 2.02. The van der Waals surface area contributed by atoms with Crippen LogP contribution in [0.4, 0.5) is 15.0 Å². The van der Waals surface area contributed by atoms with Crippen molar-refractivity contribution in [2.45, 2.75) is 33.2 Å². The number of pyridine rings is 1. The standard InChI is InChI=1S/C22H25ClFN5O2/c1-22(2,3)16(9-11-31-21(25)30)27-20-18(14-8-10-26-17(24)12-14)19(28-29-20)13-4-6-15(23)7-5-13/h4-8,10,12,16H,9,11H2,1-3H3,(H2,25,30)(H2,27,28,29). The highest BCUT2D eigenvalue weighted by Gasteiger charge is 2.28. The second-order valence-corrected chi connectivity index (χ2v) is 8.65. The zero-order valence-corrected chi connectivity index (χ0v) is 18.3. The van der Waals surface area contributed by atoms with Gasteiger partial charge in [-0.2, -0.15) is 9.49 Å². The van der Waals surface area contributed by atoms with Crippen LogP contribution in [0.25, 0.3) is 22.4 Å². The number of nitrogens with two attached hydrogens (primary N) is 1. The number of aromatic amines is 1. The Kier molecular flexibility index (Phi) is 6.80. The maximum atomic E-state index is 13.9. The number of rotatable bonds is 7. The van der Waals surface area contributed by atoms with Gasteiger partial charge in [0.15, 0.2) is 5.82 Å². The van der Waals surface area contributed by atoms with Crippen LogP contribution in [0, 0.1) is 11.4 Å². The van der Waals surface area contributed by atoms with Crippen molar-refractivity contribution < 1.29 is 13.9 Å². The van der Waals surface area contributed by atoms with Crippen LogP contribution in [0.1, 0.15) is 27.2 Å². The molecule has 0 aliphatic heterocycles. The molecule has 1 amide bonds. The zero-order chi connectivity index (χ0) is 22.6. The van der Waals surface area contributed by atoms with Crippen molar-refractivity contribution in [3.8, 4) is 22.4 Å². The van der Waals surface area contributed by atoms with Gasteiger partial charge in [-0.05, 0) is 29.2 Å². The number of hydrogen-bond acceptors (Lipinski definition) is 5. The van der Waals surface area contributed by atoms with E-state index in [1.165, 1.54) is 12.3 Å². The lowest BCUT2D eigenvalue weighted by Gasteiger charge is -2.31. The summed E-state index contributed by atoms with van der Waals surface area (Å²) in [6, 6.07) is 10.3. The molecule has 3 rings (SSSR count). The number of nitrogens with one attached hydrogen (secondary N) is 2. The first-order valence-corrected chi connectivity index (χ1v) is 10.2. The lowest BCUT2D eigenvalue weighted by molar-refractivity contribution is 0.146. The molecule has 0 aliphatic carbocycles. The van der Waals surface area contributed by atoms with Gasteiger partial charge in [-0.1, -0.05) is 44.5 Å². The molecule has 7 nitrogen and oxygen atoms in total. The van der Waals surface area contributed by atoms with Crippen LogP contribution in [0.3, 0.4) is 0 Å². The number of hydrogen-bond donors (Lipinski definition) is 3. The van der Waals surface area contributed by atoms with E-state index in [4.69, 9.17) is 22.1 Å². The fourth-order valence-corrected chi connectivity index (χ4v) is 3.40. The van der Waals surface area contributed by atoms with Crippen LogP contribution in [-0.4, -0.2) is 33.9 Å². The molecule has 0 radical (unpaired) electrons. The van der Waals surface area contributed by atoms with Gasteiger partial charge in [-0.25, -0.2) is 9.78 Å². The summed E-state index contributed by atoms with van der Waals surface area (Å²) in [5.41, 5.74) is 7.77. The number of carbonyl (C=O) groups excluding carboxylic acids is 1. The fourth-order valence-electron chi connectivity index (χ4n) is 3.28. The van der Waals surface area contributed by atoms with Gasteiger partial charge in [-0.3, -0.25) is 5.10 Å². The predicted octanol–water partition coefficient (Wildman–Crippen LogP) is 5.24. The minimum atomic E-state index is -0.814. The molecule has 0 aliphatic rings. The number of primary amides is 1. The first-order chi connectivity index (χ1) is 14.6. The Morgan fingerprint density at radius 3 is 2.58 bits per heavy atom. The Morgan fingerprint density at radius 1 is 1.26 bits per heavy atom. The van der Waals surface area contributed by atoms with E-state index >= 15 is 0 Å². The second kappa shape index (κ2) is 9.34. The first-order valence-electron chi connectivity index (χ1n) is 9.80. The van der Waals surface area contributed by atoms with Crippen molar-refractivity contribution in [3.63, 3.8) is 0 Å². The second-order valence-electron chi connectivity index (χ2n) is 8.22. The molecule has 1 atom stereocenters. The Hall–Kier alpha value is -3.13. The topological polar surface area (TPSA) is 106 Å². The van der Waals surface area contributed by atoms with Crippen molar-refractivity contribution >= 4 is 23.5 Å². The third-order valence-electron chi connectivity index (χ3n) is 4.92. The molecule has 1 aromatic carbocycles. The highest BCUT2D eigenvalue weighted by atomic mass is 35.5. The number of ether oxygens (including phenoxy) is 1. The molecule has 31 heavy (non-hydrogen) atoms. The average Bonchev–Trinajstić information content (AvgIpc) is 3.10. The molecule has 2 heterocycles. The summed E-state index contributed by atoms with van der Waals surface area (Å²) in [6.45, 7) is 6.35. The van der Waals surface area contributed by atoms with E-state index in [-0.39, 0.29) is 18.1 Å². The number of anilines is 1. The number of H-pyrrole nitrogens is 1. The van der Waals surface area contributed by atoms with Gasteiger partial charge in [0.25, 0.3) is 0 Å². The molecule has 3 aromatic rings. The van der Waals surface area contributed by atoms with Gasteiger partial charge in [0.2, 0.25) is 5.95 Å². The van der Waals surface area contributed by atoms with E-state index in [0.29, 0.717) is 34.1 Å². The van der Waals surface area contributed by atoms with E-state index in [1.54, 1.807) is 18.2 Å². The number of nitrogens with zero attached hydrogens (tertiary/aromatic N) is 2. The molecular weight excluding hydrogens is 421 g/mol. The van der Waals surface area contributed by atoms with Gasteiger partial charge in [0, 0.05) is 35.3 Å². The Labute approximate surface area is 185 Å². The molecule has 0 saturated heterocycles. The Morgan fingerprint density at radius 2 is 1.97 bits per heavy atom. The maximum Gasteiger partial charge on any atom is 0.404 e. The van der Waals surface area contributed by atoms with Crippen LogP contribution in [0.2, 0.25) is 5.02 Å². The molecule has 0 bridgehead atoms. The van der Waals surface area contributed by atoms with Crippen molar-refractivity contribution in [2.75, 3.05) is 11.9 Å². The van der Waals surface area contributed by atoms with Crippen LogP contribution >= 0.6 is 11.6 Å². The molecule has 164 valence electrons. The summed E-state index contributed by atoms with van der Waals surface area (Å²) in [4.78, 5) is 14.6. The van der Waals surface area contributed by atoms with Crippen molar-refractivity contribution in [3.05, 3.63) is 53.6 Å². The summed E-state index contributed by atoms with van der Waals surface area (Å²) >= 11 is 6.03. The predicted molar refractivity (Wildman–Crippen MR) is 119 cm³/mol. The van der Waals surface area contributed by atoms with Gasteiger partial charge in [-0.15, -0.1) is 0 Å². The number of benzene rings is 1. The van der Waals surface area contributed by atoms with Crippen LogP contribution in [-0.2, 0) is 4.74 Å². The maximum absolute atomic E-state index is 13.9. The third kappa shape index (κ3) is 5.73. The monoisotopic (exact) mass is 445 g/mol. The van der Waals surface area contributed by atoms with E-state index in [0.717, 1.165) is 5.56 Å². The van der Waals surface area contributed by atoms with E-state index in [9.17, 15) is 9.18 Å². The molecular formula is C22H25ClFN5O2. The molecule has 9 heteroatoms. The summed E-state index contributed by atoms with van der Waals surface area (Å²) in [5.74, 6) is -0.0384. The van der Waals surface area contributed by atoms with Crippen LogP contribution < -0.4 is 11.1 Å². The largest absolute Gasteiger partial charge is 0.450 e. The lowest BCUT2D eigenvalue weighted by atomic mass is 9.84. The first kappa shape index (κ1) is 22.6. The van der Waals surface area contributed by atoms with E-state index in [2.05, 4.69) is 41.3 Å².